The molecule has 1 aliphatic rings. The summed E-state index contributed by atoms with van der Waals surface area (Å²) in [6.45, 7) is 3.07. The summed E-state index contributed by atoms with van der Waals surface area (Å²) in [6.07, 6.45) is 2.12. The van der Waals surface area contributed by atoms with E-state index in [1.807, 2.05) is 31.2 Å². The van der Waals surface area contributed by atoms with Crippen molar-refractivity contribution in [2.75, 3.05) is 26.7 Å². The van der Waals surface area contributed by atoms with Gasteiger partial charge in [-0.1, -0.05) is 43.3 Å². The standard InChI is InChI=1S/C29H38FN3O5/c1-3-20-8-4-9-21(18-20)27-23(11-5-12-24(27)30)29(37,15-7-16-32-28(36)38-2)22-10-6-17-33(19-22)26(35)14-13-25(31)34/h4-5,8-9,11-12,18,22,37H,3,6-7,10,13-17,19H2,1-2H3,(H2,31,34)(H,32,36)/t22-,29+/m1/s1. The number of nitrogens with zero attached hydrogens (tertiary/aromatic N) is 1. The molecule has 0 spiro atoms. The van der Waals surface area contributed by atoms with E-state index >= 15 is 4.39 Å². The number of alkyl carbamates (subject to hydrolysis) is 1. The Labute approximate surface area is 223 Å². The van der Waals surface area contributed by atoms with Gasteiger partial charge in [-0.25, -0.2) is 9.18 Å². The first-order chi connectivity index (χ1) is 18.2. The van der Waals surface area contributed by atoms with E-state index in [0.29, 0.717) is 42.5 Å². The molecule has 2 atom stereocenters. The summed E-state index contributed by atoms with van der Waals surface area (Å²) in [4.78, 5) is 37.2. The van der Waals surface area contributed by atoms with E-state index in [-0.39, 0.29) is 44.2 Å². The predicted octanol–water partition coefficient (Wildman–Crippen LogP) is 3.88. The predicted molar refractivity (Wildman–Crippen MR) is 142 cm³/mol. The summed E-state index contributed by atoms with van der Waals surface area (Å²) in [7, 11) is 1.28. The number of methoxy groups -OCH3 is 1. The highest BCUT2D eigenvalue weighted by Crippen LogP contribution is 2.44. The monoisotopic (exact) mass is 527 g/mol. The molecule has 3 rings (SSSR count). The molecular weight excluding hydrogens is 489 g/mol. The van der Waals surface area contributed by atoms with Gasteiger partial charge in [0, 0.05) is 44.0 Å². The molecule has 1 aliphatic heterocycles. The SMILES string of the molecule is CCc1cccc(-c2c(F)cccc2[C@](O)(CCCNC(=O)OC)[C@@H]2CCCN(C(=O)CCC(N)=O)C2)c1. The third kappa shape index (κ3) is 7.10. The van der Waals surface area contributed by atoms with Crippen molar-refractivity contribution in [3.05, 3.63) is 59.4 Å². The van der Waals surface area contributed by atoms with Crippen molar-refractivity contribution in [2.45, 2.75) is 57.5 Å². The zero-order chi connectivity index (χ0) is 27.7. The molecule has 0 saturated carbocycles. The number of likely N-dealkylation sites (tertiary alicyclic amines) is 1. The summed E-state index contributed by atoms with van der Waals surface area (Å²) in [6, 6.07) is 12.3. The van der Waals surface area contributed by atoms with E-state index in [9.17, 15) is 19.5 Å². The number of halogens is 1. The van der Waals surface area contributed by atoms with E-state index in [0.717, 1.165) is 12.0 Å². The van der Waals surface area contributed by atoms with Crippen LogP contribution in [0.5, 0.6) is 0 Å². The van der Waals surface area contributed by atoms with Crippen molar-refractivity contribution in [3.8, 4) is 11.1 Å². The molecule has 0 aliphatic carbocycles. The number of primary amides is 1. The number of carbonyl (C=O) groups excluding carboxylic acids is 3. The number of aryl methyl sites for hydroxylation is 1. The topological polar surface area (TPSA) is 122 Å². The highest BCUT2D eigenvalue weighted by atomic mass is 19.1. The number of hydrogen-bond acceptors (Lipinski definition) is 5. The van der Waals surface area contributed by atoms with Gasteiger partial charge in [-0.2, -0.15) is 0 Å². The van der Waals surface area contributed by atoms with Crippen LogP contribution in [0.4, 0.5) is 9.18 Å². The molecule has 1 saturated heterocycles. The van der Waals surface area contributed by atoms with Gasteiger partial charge in [-0.15, -0.1) is 0 Å². The molecule has 8 nitrogen and oxygen atoms in total. The second-order valence-electron chi connectivity index (χ2n) is 9.81. The zero-order valence-electron chi connectivity index (χ0n) is 22.2. The Morgan fingerprint density at radius 1 is 1.21 bits per heavy atom. The van der Waals surface area contributed by atoms with Crippen molar-refractivity contribution in [2.24, 2.45) is 11.7 Å². The summed E-state index contributed by atoms with van der Waals surface area (Å²) in [5, 5.41) is 15.0. The molecule has 1 fully saturated rings. The molecule has 0 radical (unpaired) electrons. The van der Waals surface area contributed by atoms with Crippen LogP contribution in [0, 0.1) is 11.7 Å². The molecule has 3 amide bonds. The number of nitrogens with one attached hydrogen (secondary N) is 1. The van der Waals surface area contributed by atoms with E-state index in [4.69, 9.17) is 5.73 Å². The number of nitrogens with two attached hydrogens (primary N) is 1. The summed E-state index contributed by atoms with van der Waals surface area (Å²) in [5.41, 5.74) is 6.26. The van der Waals surface area contributed by atoms with Crippen LogP contribution in [0.25, 0.3) is 11.1 Å². The van der Waals surface area contributed by atoms with Crippen molar-refractivity contribution < 1.29 is 28.6 Å². The van der Waals surface area contributed by atoms with Crippen molar-refractivity contribution >= 4 is 17.9 Å². The minimum atomic E-state index is -1.49. The lowest BCUT2D eigenvalue weighted by atomic mass is 9.72. The summed E-state index contributed by atoms with van der Waals surface area (Å²) >= 11 is 0. The van der Waals surface area contributed by atoms with E-state index in [1.165, 1.54) is 13.2 Å². The fourth-order valence-corrected chi connectivity index (χ4v) is 5.29. The maximum Gasteiger partial charge on any atom is 0.406 e. The maximum atomic E-state index is 15.5. The fourth-order valence-electron chi connectivity index (χ4n) is 5.29. The number of ether oxygens (including phenoxy) is 1. The average molecular weight is 528 g/mol. The Hall–Kier alpha value is -3.46. The third-order valence-electron chi connectivity index (χ3n) is 7.33. The second-order valence-corrected chi connectivity index (χ2v) is 9.81. The number of rotatable bonds is 11. The number of benzene rings is 2. The molecule has 4 N–H and O–H groups in total. The maximum absolute atomic E-state index is 15.5. The lowest BCUT2D eigenvalue weighted by Gasteiger charge is -2.43. The molecule has 1 heterocycles. The van der Waals surface area contributed by atoms with Gasteiger partial charge >= 0.3 is 6.09 Å². The van der Waals surface area contributed by atoms with E-state index < -0.39 is 23.4 Å². The number of hydrogen-bond donors (Lipinski definition) is 3. The van der Waals surface area contributed by atoms with Gasteiger partial charge in [-0.3, -0.25) is 9.59 Å². The van der Waals surface area contributed by atoms with Crippen LogP contribution in [0.15, 0.2) is 42.5 Å². The smallest absolute Gasteiger partial charge is 0.406 e. The van der Waals surface area contributed by atoms with Gasteiger partial charge in [-0.05, 0) is 54.9 Å². The Morgan fingerprint density at radius 2 is 1.97 bits per heavy atom. The van der Waals surface area contributed by atoms with Crippen LogP contribution in [-0.2, 0) is 26.3 Å². The zero-order valence-corrected chi connectivity index (χ0v) is 22.2. The second kappa shape index (κ2) is 13.4. The normalized spacial score (nSPS) is 16.9. The molecule has 0 aromatic heterocycles. The first-order valence-corrected chi connectivity index (χ1v) is 13.2. The largest absolute Gasteiger partial charge is 0.453 e. The Morgan fingerprint density at radius 3 is 2.68 bits per heavy atom. The number of piperidine rings is 1. The number of aliphatic hydroxyl groups is 1. The Kier molecular flexibility index (Phi) is 10.2. The van der Waals surface area contributed by atoms with Crippen molar-refractivity contribution in [1.29, 1.82) is 0 Å². The Balaban J connectivity index is 2.00. The first-order valence-electron chi connectivity index (χ1n) is 13.2. The minimum absolute atomic E-state index is 0.0125. The van der Waals surface area contributed by atoms with Gasteiger partial charge in [0.25, 0.3) is 0 Å². The highest BCUT2D eigenvalue weighted by molar-refractivity contribution is 5.83. The summed E-state index contributed by atoms with van der Waals surface area (Å²) in [5.74, 6) is -1.56. The van der Waals surface area contributed by atoms with Crippen LogP contribution in [0.1, 0.15) is 56.6 Å². The van der Waals surface area contributed by atoms with Crippen LogP contribution in [0.2, 0.25) is 0 Å². The minimum Gasteiger partial charge on any atom is -0.453 e. The van der Waals surface area contributed by atoms with Crippen LogP contribution < -0.4 is 11.1 Å². The molecule has 38 heavy (non-hydrogen) atoms. The average Bonchev–Trinajstić information content (AvgIpc) is 2.93. The van der Waals surface area contributed by atoms with Gasteiger partial charge in [0.15, 0.2) is 0 Å². The Bertz CT molecular complexity index is 1140. The molecule has 206 valence electrons. The fraction of sp³-hybridized carbons (Fsp3) is 0.483. The molecule has 9 heteroatoms. The third-order valence-corrected chi connectivity index (χ3v) is 7.33. The lowest BCUT2D eigenvalue weighted by molar-refractivity contribution is -0.138. The highest BCUT2D eigenvalue weighted by Gasteiger charge is 2.43. The molecule has 0 unspecified atom stereocenters. The lowest BCUT2D eigenvalue weighted by Crippen LogP contribution is -2.48. The van der Waals surface area contributed by atoms with E-state index in [1.54, 1.807) is 17.0 Å². The quantitative estimate of drug-likeness (QED) is 0.383. The number of amides is 3. The number of carbonyl (C=O) groups is 3. The summed E-state index contributed by atoms with van der Waals surface area (Å²) < 4.78 is 20.1. The van der Waals surface area contributed by atoms with Crippen LogP contribution in [-0.4, -0.2) is 54.7 Å². The molecular formula is C29H38FN3O5. The van der Waals surface area contributed by atoms with Gasteiger partial charge in [0.2, 0.25) is 11.8 Å². The molecule has 0 bridgehead atoms. The molecule has 2 aromatic rings. The van der Waals surface area contributed by atoms with Gasteiger partial charge in [0.05, 0.1) is 12.7 Å². The van der Waals surface area contributed by atoms with Crippen LogP contribution >= 0.6 is 0 Å². The van der Waals surface area contributed by atoms with Crippen LogP contribution in [0.3, 0.4) is 0 Å². The van der Waals surface area contributed by atoms with Crippen molar-refractivity contribution in [3.63, 3.8) is 0 Å². The van der Waals surface area contributed by atoms with Gasteiger partial charge in [0.1, 0.15) is 5.82 Å². The van der Waals surface area contributed by atoms with Gasteiger partial charge < -0.3 is 25.8 Å². The molecule has 2 aromatic carbocycles. The first kappa shape index (κ1) is 29.1. The van der Waals surface area contributed by atoms with Crippen molar-refractivity contribution in [1.82, 2.24) is 10.2 Å². The van der Waals surface area contributed by atoms with E-state index in [2.05, 4.69) is 10.1 Å².